The van der Waals surface area contributed by atoms with E-state index in [2.05, 4.69) is 10.1 Å². The molecule has 0 radical (unpaired) electrons. The molecule has 0 aliphatic carbocycles. The van der Waals surface area contributed by atoms with Gasteiger partial charge in [0.15, 0.2) is 0 Å². The van der Waals surface area contributed by atoms with Gasteiger partial charge in [-0.15, -0.1) is 0 Å². The Labute approximate surface area is 164 Å². The number of nitrogens with zero attached hydrogens (tertiary/aromatic N) is 1. The lowest BCUT2D eigenvalue weighted by molar-refractivity contribution is -0.384. The number of para-hydroxylation sites is 2. The molecule has 160 valence electrons. The van der Waals surface area contributed by atoms with Crippen LogP contribution in [0.3, 0.4) is 0 Å². The van der Waals surface area contributed by atoms with E-state index in [1.807, 2.05) is 0 Å². The lowest BCUT2D eigenvalue weighted by atomic mass is 10.2. The minimum absolute atomic E-state index is 0.232. The summed E-state index contributed by atoms with van der Waals surface area (Å²) in [7, 11) is 0. The van der Waals surface area contributed by atoms with Gasteiger partial charge in [-0.2, -0.15) is 22.0 Å². The Morgan fingerprint density at radius 2 is 1.77 bits per heavy atom. The molecule has 0 aliphatic heterocycles. The molecule has 0 heterocycles. The molecule has 12 heteroatoms. The van der Waals surface area contributed by atoms with E-state index in [-0.39, 0.29) is 11.3 Å². The van der Waals surface area contributed by atoms with E-state index in [0.717, 1.165) is 24.3 Å². The van der Waals surface area contributed by atoms with E-state index in [4.69, 9.17) is 0 Å². The Balaban J connectivity index is 2.15. The monoisotopic (exact) mass is 434 g/mol. The molecular weight excluding hydrogens is 422 g/mol. The molecule has 0 aromatic heterocycles. The summed E-state index contributed by atoms with van der Waals surface area (Å²) in [5.41, 5.74) is -0.398. The van der Waals surface area contributed by atoms with E-state index in [1.165, 1.54) is 36.4 Å². The first-order valence-electron chi connectivity index (χ1n) is 8.00. The number of non-ortho nitro benzene ring substituents is 1. The summed E-state index contributed by atoms with van der Waals surface area (Å²) in [6.07, 6.45) is -13.6. The number of amides is 1. The number of ether oxygens (including phenoxy) is 1. The van der Waals surface area contributed by atoms with Gasteiger partial charge in [0.2, 0.25) is 5.91 Å². The van der Waals surface area contributed by atoms with E-state index >= 15 is 0 Å². The molecule has 0 aliphatic rings. The molecule has 0 saturated carbocycles. The number of benzene rings is 2. The average Bonchev–Trinajstić information content (AvgIpc) is 2.66. The number of nitro groups is 1. The van der Waals surface area contributed by atoms with Gasteiger partial charge in [0.25, 0.3) is 11.9 Å². The van der Waals surface area contributed by atoms with Crippen LogP contribution in [0.1, 0.15) is 5.56 Å². The summed E-state index contributed by atoms with van der Waals surface area (Å²) in [5.74, 6) is -1.81. The van der Waals surface area contributed by atoms with Gasteiger partial charge >= 0.3 is 12.3 Å². The molecule has 2 aromatic carbocycles. The van der Waals surface area contributed by atoms with Crippen molar-refractivity contribution >= 4 is 23.4 Å². The number of hydrogen-bond donors (Lipinski definition) is 1. The molecule has 1 amide bonds. The van der Waals surface area contributed by atoms with Crippen LogP contribution in [0.2, 0.25) is 0 Å². The van der Waals surface area contributed by atoms with Crippen LogP contribution < -0.4 is 10.1 Å². The van der Waals surface area contributed by atoms with Gasteiger partial charge in [0, 0.05) is 18.2 Å². The third-order valence-corrected chi connectivity index (χ3v) is 3.48. The van der Waals surface area contributed by atoms with E-state index in [9.17, 15) is 41.3 Å². The highest BCUT2D eigenvalue weighted by molar-refractivity contribution is 6.02. The molecule has 0 saturated heterocycles. The van der Waals surface area contributed by atoms with Crippen molar-refractivity contribution in [3.8, 4) is 5.75 Å². The van der Waals surface area contributed by atoms with Crippen molar-refractivity contribution in [1.29, 1.82) is 0 Å². The van der Waals surface area contributed by atoms with Gasteiger partial charge in [-0.1, -0.05) is 24.3 Å². The molecule has 30 heavy (non-hydrogen) atoms. The van der Waals surface area contributed by atoms with Crippen LogP contribution >= 0.6 is 0 Å². The molecule has 2 rings (SSSR count). The van der Waals surface area contributed by atoms with Gasteiger partial charge < -0.3 is 10.1 Å². The Morgan fingerprint density at radius 1 is 1.10 bits per heavy atom. The Kier molecular flexibility index (Phi) is 6.70. The molecule has 0 spiro atoms. The van der Waals surface area contributed by atoms with Crippen molar-refractivity contribution in [2.24, 2.45) is 0 Å². The van der Waals surface area contributed by atoms with Crippen molar-refractivity contribution in [2.45, 2.75) is 18.5 Å². The van der Waals surface area contributed by atoms with Crippen LogP contribution in [-0.4, -0.2) is 29.3 Å². The van der Waals surface area contributed by atoms with Crippen LogP contribution in [0.5, 0.6) is 5.75 Å². The third kappa shape index (κ3) is 5.96. The first-order valence-corrected chi connectivity index (χ1v) is 8.00. The zero-order valence-electron chi connectivity index (χ0n) is 14.7. The quantitative estimate of drug-likeness (QED) is 0.284. The summed E-state index contributed by atoms with van der Waals surface area (Å²) >= 11 is 0. The number of anilines is 1. The van der Waals surface area contributed by atoms with Crippen LogP contribution in [0.25, 0.3) is 6.08 Å². The number of halogens is 6. The van der Waals surface area contributed by atoms with E-state index in [1.54, 1.807) is 0 Å². The van der Waals surface area contributed by atoms with Gasteiger partial charge in [0.05, 0.1) is 10.6 Å². The maximum absolute atomic E-state index is 13.5. The van der Waals surface area contributed by atoms with E-state index < -0.39 is 40.7 Å². The molecule has 6 nitrogen and oxygen atoms in total. The maximum Gasteiger partial charge on any atom is 0.439 e. The average molecular weight is 434 g/mol. The number of rotatable bonds is 7. The summed E-state index contributed by atoms with van der Waals surface area (Å²) in [4.78, 5) is 22.1. The molecule has 0 fully saturated rings. The van der Waals surface area contributed by atoms with Gasteiger partial charge in [-0.05, 0) is 23.8 Å². The van der Waals surface area contributed by atoms with Crippen molar-refractivity contribution < 1.29 is 40.8 Å². The van der Waals surface area contributed by atoms with Crippen LogP contribution in [0.4, 0.5) is 37.7 Å². The summed E-state index contributed by atoms with van der Waals surface area (Å²) in [6.45, 7) is 0. The highest BCUT2D eigenvalue weighted by Crippen LogP contribution is 2.38. The molecule has 1 N–H and O–H groups in total. The molecule has 1 atom stereocenters. The van der Waals surface area contributed by atoms with Crippen LogP contribution in [0, 0.1) is 10.1 Å². The van der Waals surface area contributed by atoms with Crippen molar-refractivity contribution in [1.82, 2.24) is 0 Å². The Hall–Kier alpha value is -3.57. The molecule has 0 unspecified atom stereocenters. The first-order chi connectivity index (χ1) is 13.9. The highest BCUT2D eigenvalue weighted by Gasteiger charge is 2.59. The Bertz CT molecular complexity index is 962. The predicted molar refractivity (Wildman–Crippen MR) is 93.7 cm³/mol. The summed E-state index contributed by atoms with van der Waals surface area (Å²) < 4.78 is 80.6. The number of nitrogens with one attached hydrogen (secondary N) is 1. The molecule has 0 bridgehead atoms. The fraction of sp³-hybridized carbons (Fsp3) is 0.167. The fourth-order valence-corrected chi connectivity index (χ4v) is 2.14. The molecular formula is C18H12F6N2O4. The van der Waals surface area contributed by atoms with Crippen LogP contribution in [-0.2, 0) is 4.79 Å². The van der Waals surface area contributed by atoms with Gasteiger partial charge in [-0.25, -0.2) is 4.39 Å². The summed E-state index contributed by atoms with van der Waals surface area (Å²) in [6, 6.07) is 9.47. The number of alkyl halides is 6. The van der Waals surface area contributed by atoms with Crippen LogP contribution in [0.15, 0.2) is 54.6 Å². The minimum atomic E-state index is -5.86. The number of nitro benzene ring substituents is 1. The van der Waals surface area contributed by atoms with Gasteiger partial charge in [-0.3, -0.25) is 14.9 Å². The standard InChI is InChI=1S/C18H12F6N2O4/c19-16(17(20,21)22)18(23,24)30-14-7-2-1-6-13(14)25-15(27)9-8-11-4-3-5-12(10-11)26(28)29/h1-10,16H,(H,25,27)/b9-8+/t16-/m0/s1. The maximum atomic E-state index is 13.5. The Morgan fingerprint density at radius 3 is 2.40 bits per heavy atom. The number of carbonyl (C=O) groups excluding carboxylic acids is 1. The van der Waals surface area contributed by atoms with Crippen molar-refractivity contribution in [3.63, 3.8) is 0 Å². The second kappa shape index (κ2) is 8.84. The first kappa shape index (κ1) is 22.7. The second-order valence-corrected chi connectivity index (χ2v) is 5.74. The topological polar surface area (TPSA) is 81.5 Å². The fourth-order valence-electron chi connectivity index (χ4n) is 2.14. The largest absolute Gasteiger partial charge is 0.439 e. The zero-order valence-corrected chi connectivity index (χ0v) is 14.7. The number of hydrogen-bond acceptors (Lipinski definition) is 4. The van der Waals surface area contributed by atoms with Crippen molar-refractivity contribution in [3.05, 3.63) is 70.3 Å². The smallest absolute Gasteiger partial charge is 0.428 e. The minimum Gasteiger partial charge on any atom is -0.428 e. The van der Waals surface area contributed by atoms with Crippen molar-refractivity contribution in [2.75, 3.05) is 5.32 Å². The lowest BCUT2D eigenvalue weighted by Crippen LogP contribution is -2.45. The summed E-state index contributed by atoms with van der Waals surface area (Å²) in [5, 5.41) is 12.8. The zero-order chi connectivity index (χ0) is 22.5. The SMILES string of the molecule is O=C(/C=C/c1cccc([N+](=O)[O-])c1)Nc1ccccc1OC(F)(F)[C@@H](F)C(F)(F)F. The third-order valence-electron chi connectivity index (χ3n) is 3.48. The number of carbonyl (C=O) groups is 1. The lowest BCUT2D eigenvalue weighted by Gasteiger charge is -2.24. The van der Waals surface area contributed by atoms with E-state index in [0.29, 0.717) is 0 Å². The second-order valence-electron chi connectivity index (χ2n) is 5.74. The normalized spacial score (nSPS) is 13.1. The molecule has 2 aromatic rings. The highest BCUT2D eigenvalue weighted by atomic mass is 19.4. The predicted octanol–water partition coefficient (Wildman–Crippen LogP) is 5.12. The van der Waals surface area contributed by atoms with Gasteiger partial charge in [0.1, 0.15) is 5.75 Å².